The van der Waals surface area contributed by atoms with E-state index in [0.29, 0.717) is 18.7 Å². The van der Waals surface area contributed by atoms with Crippen LogP contribution in [0.3, 0.4) is 0 Å². The molecule has 0 spiro atoms. The van der Waals surface area contributed by atoms with Crippen molar-refractivity contribution in [1.29, 1.82) is 5.26 Å². The zero-order valence-corrected chi connectivity index (χ0v) is 10.7. The van der Waals surface area contributed by atoms with Gasteiger partial charge in [-0.25, -0.2) is 0 Å². The molecule has 1 atom stereocenters. The first-order valence-electron chi connectivity index (χ1n) is 6.12. The SMILES string of the molecule is Cc1ccc(C)c(C(=O)N2CCNCC2C#N)c1. The summed E-state index contributed by atoms with van der Waals surface area (Å²) in [6.45, 7) is 5.78. The highest BCUT2D eigenvalue weighted by molar-refractivity contribution is 5.96. The van der Waals surface area contributed by atoms with Gasteiger partial charge in [0, 0.05) is 25.2 Å². The lowest BCUT2D eigenvalue weighted by Crippen LogP contribution is -2.53. The smallest absolute Gasteiger partial charge is 0.255 e. The number of nitrogens with zero attached hydrogens (tertiary/aromatic N) is 2. The summed E-state index contributed by atoms with van der Waals surface area (Å²) in [6.07, 6.45) is 0. The van der Waals surface area contributed by atoms with E-state index in [9.17, 15) is 4.79 Å². The molecular weight excluding hydrogens is 226 g/mol. The molecule has 1 aliphatic heterocycles. The highest BCUT2D eigenvalue weighted by Gasteiger charge is 2.27. The van der Waals surface area contributed by atoms with Crippen LogP contribution in [-0.4, -0.2) is 36.5 Å². The molecule has 0 saturated carbocycles. The summed E-state index contributed by atoms with van der Waals surface area (Å²) in [7, 11) is 0. The third kappa shape index (κ3) is 2.36. The molecule has 4 nitrogen and oxygen atoms in total. The molecule has 1 N–H and O–H groups in total. The number of rotatable bonds is 1. The van der Waals surface area contributed by atoms with Crippen molar-refractivity contribution in [1.82, 2.24) is 10.2 Å². The topological polar surface area (TPSA) is 56.1 Å². The number of carbonyl (C=O) groups excluding carboxylic acids is 1. The van der Waals surface area contributed by atoms with Gasteiger partial charge in [-0.1, -0.05) is 17.7 Å². The molecule has 4 heteroatoms. The van der Waals surface area contributed by atoms with Crippen LogP contribution in [0, 0.1) is 25.2 Å². The van der Waals surface area contributed by atoms with Crippen LogP contribution in [0.2, 0.25) is 0 Å². The number of nitrogens with one attached hydrogen (secondary N) is 1. The van der Waals surface area contributed by atoms with E-state index in [0.717, 1.165) is 17.7 Å². The Morgan fingerprint density at radius 3 is 3.00 bits per heavy atom. The lowest BCUT2D eigenvalue weighted by molar-refractivity contribution is 0.0686. The first-order valence-corrected chi connectivity index (χ1v) is 6.12. The Morgan fingerprint density at radius 1 is 1.50 bits per heavy atom. The second-order valence-corrected chi connectivity index (χ2v) is 4.67. The van der Waals surface area contributed by atoms with Gasteiger partial charge in [0.2, 0.25) is 0 Å². The third-order valence-corrected chi connectivity index (χ3v) is 3.28. The molecule has 0 bridgehead atoms. The number of carbonyl (C=O) groups is 1. The van der Waals surface area contributed by atoms with Crippen LogP contribution in [-0.2, 0) is 0 Å². The predicted octanol–water partition coefficient (Wildman–Crippen LogP) is 1.24. The first kappa shape index (κ1) is 12.6. The van der Waals surface area contributed by atoms with Crippen molar-refractivity contribution in [2.75, 3.05) is 19.6 Å². The predicted molar refractivity (Wildman–Crippen MR) is 69.2 cm³/mol. The fraction of sp³-hybridized carbons (Fsp3) is 0.429. The molecular formula is C14H17N3O. The van der Waals surface area contributed by atoms with Gasteiger partial charge in [0.25, 0.3) is 5.91 Å². The van der Waals surface area contributed by atoms with E-state index in [1.165, 1.54) is 0 Å². The fourth-order valence-corrected chi connectivity index (χ4v) is 2.18. The number of hydrogen-bond donors (Lipinski definition) is 1. The van der Waals surface area contributed by atoms with Crippen LogP contribution >= 0.6 is 0 Å². The molecule has 1 saturated heterocycles. The Morgan fingerprint density at radius 2 is 2.28 bits per heavy atom. The zero-order valence-electron chi connectivity index (χ0n) is 10.7. The summed E-state index contributed by atoms with van der Waals surface area (Å²) >= 11 is 0. The van der Waals surface area contributed by atoms with Crippen molar-refractivity contribution in [3.8, 4) is 6.07 Å². The molecule has 1 fully saturated rings. The maximum absolute atomic E-state index is 12.5. The Labute approximate surface area is 107 Å². The van der Waals surface area contributed by atoms with Crippen LogP contribution in [0.25, 0.3) is 0 Å². The van der Waals surface area contributed by atoms with Gasteiger partial charge < -0.3 is 10.2 Å². The summed E-state index contributed by atoms with van der Waals surface area (Å²) in [4.78, 5) is 14.2. The Hall–Kier alpha value is -1.86. The van der Waals surface area contributed by atoms with E-state index in [1.807, 2.05) is 32.0 Å². The van der Waals surface area contributed by atoms with Gasteiger partial charge in [-0.3, -0.25) is 4.79 Å². The molecule has 1 amide bonds. The molecule has 0 aromatic heterocycles. The molecule has 0 radical (unpaired) electrons. The minimum Gasteiger partial charge on any atom is -0.320 e. The molecule has 1 aromatic rings. The fourth-order valence-electron chi connectivity index (χ4n) is 2.18. The van der Waals surface area contributed by atoms with Crippen molar-refractivity contribution in [3.63, 3.8) is 0 Å². The lowest BCUT2D eigenvalue weighted by Gasteiger charge is -2.32. The normalized spacial score (nSPS) is 19.4. The van der Waals surface area contributed by atoms with Crippen molar-refractivity contribution >= 4 is 5.91 Å². The number of amides is 1. The van der Waals surface area contributed by atoms with Crippen LogP contribution in [0.1, 0.15) is 21.5 Å². The monoisotopic (exact) mass is 243 g/mol. The van der Waals surface area contributed by atoms with E-state index in [2.05, 4.69) is 11.4 Å². The van der Waals surface area contributed by atoms with E-state index < -0.39 is 0 Å². The number of benzene rings is 1. The van der Waals surface area contributed by atoms with Crippen molar-refractivity contribution in [3.05, 3.63) is 34.9 Å². The molecule has 18 heavy (non-hydrogen) atoms. The average molecular weight is 243 g/mol. The first-order chi connectivity index (χ1) is 8.63. The summed E-state index contributed by atoms with van der Waals surface area (Å²) in [6, 6.07) is 7.65. The van der Waals surface area contributed by atoms with Gasteiger partial charge in [-0.15, -0.1) is 0 Å². The lowest BCUT2D eigenvalue weighted by atomic mass is 10.0. The number of nitriles is 1. The molecule has 1 heterocycles. The molecule has 1 aromatic carbocycles. The Kier molecular flexibility index (Phi) is 3.63. The van der Waals surface area contributed by atoms with Crippen molar-refractivity contribution in [2.45, 2.75) is 19.9 Å². The summed E-state index contributed by atoms with van der Waals surface area (Å²) in [5, 5.41) is 12.2. The number of hydrogen-bond acceptors (Lipinski definition) is 3. The number of piperazine rings is 1. The zero-order chi connectivity index (χ0) is 13.1. The van der Waals surface area contributed by atoms with E-state index in [-0.39, 0.29) is 11.9 Å². The van der Waals surface area contributed by atoms with Crippen molar-refractivity contribution < 1.29 is 4.79 Å². The minimum atomic E-state index is -0.369. The highest BCUT2D eigenvalue weighted by Crippen LogP contribution is 2.15. The minimum absolute atomic E-state index is 0.0377. The van der Waals surface area contributed by atoms with E-state index in [4.69, 9.17) is 5.26 Å². The summed E-state index contributed by atoms with van der Waals surface area (Å²) in [5.41, 5.74) is 2.73. The van der Waals surface area contributed by atoms with Crippen LogP contribution in [0.4, 0.5) is 0 Å². The molecule has 1 aliphatic rings. The van der Waals surface area contributed by atoms with Gasteiger partial charge in [-0.05, 0) is 25.5 Å². The molecule has 2 rings (SSSR count). The average Bonchev–Trinajstić information content (AvgIpc) is 2.40. The van der Waals surface area contributed by atoms with Gasteiger partial charge in [0.1, 0.15) is 6.04 Å². The third-order valence-electron chi connectivity index (χ3n) is 3.28. The van der Waals surface area contributed by atoms with Crippen molar-refractivity contribution in [2.24, 2.45) is 0 Å². The Balaban J connectivity index is 2.30. The van der Waals surface area contributed by atoms with Crippen LogP contribution in [0.15, 0.2) is 18.2 Å². The van der Waals surface area contributed by atoms with E-state index >= 15 is 0 Å². The van der Waals surface area contributed by atoms with Crippen LogP contribution < -0.4 is 5.32 Å². The molecule has 94 valence electrons. The maximum atomic E-state index is 12.5. The number of aryl methyl sites for hydroxylation is 2. The van der Waals surface area contributed by atoms with Gasteiger partial charge >= 0.3 is 0 Å². The standard InChI is InChI=1S/C14H17N3O/c1-10-3-4-11(2)13(7-10)14(18)17-6-5-16-9-12(17)8-15/h3-4,7,12,16H,5-6,9H2,1-2H3. The van der Waals surface area contributed by atoms with Gasteiger partial charge in [0.05, 0.1) is 6.07 Å². The second-order valence-electron chi connectivity index (χ2n) is 4.67. The highest BCUT2D eigenvalue weighted by atomic mass is 16.2. The quantitative estimate of drug-likeness (QED) is 0.807. The van der Waals surface area contributed by atoms with Gasteiger partial charge in [0.15, 0.2) is 0 Å². The van der Waals surface area contributed by atoms with Crippen LogP contribution in [0.5, 0.6) is 0 Å². The second kappa shape index (κ2) is 5.19. The van der Waals surface area contributed by atoms with Gasteiger partial charge in [-0.2, -0.15) is 5.26 Å². The maximum Gasteiger partial charge on any atom is 0.255 e. The van der Waals surface area contributed by atoms with E-state index in [1.54, 1.807) is 4.90 Å². The molecule has 1 unspecified atom stereocenters. The largest absolute Gasteiger partial charge is 0.320 e. The summed E-state index contributed by atoms with van der Waals surface area (Å²) < 4.78 is 0. The summed E-state index contributed by atoms with van der Waals surface area (Å²) in [5.74, 6) is -0.0377. The Bertz CT molecular complexity index is 504. The molecule has 0 aliphatic carbocycles.